The summed E-state index contributed by atoms with van der Waals surface area (Å²) in [5.74, 6) is 1.15. The minimum absolute atomic E-state index is 0.0217. The average Bonchev–Trinajstić information content (AvgIpc) is 2.37. The molecule has 0 saturated carbocycles. The van der Waals surface area contributed by atoms with Crippen LogP contribution in [0.15, 0.2) is 42.5 Å². The van der Waals surface area contributed by atoms with Crippen LogP contribution in [0.25, 0.3) is 0 Å². The van der Waals surface area contributed by atoms with Gasteiger partial charge >= 0.3 is 0 Å². The second-order valence-electron chi connectivity index (χ2n) is 5.86. The lowest BCUT2D eigenvalue weighted by molar-refractivity contribution is -0.383. The first-order valence-electron chi connectivity index (χ1n) is 6.60. The number of hydrogen-bond donors (Lipinski definition) is 1. The van der Waals surface area contributed by atoms with Crippen molar-refractivity contribution in [2.75, 3.05) is 5.73 Å². The summed E-state index contributed by atoms with van der Waals surface area (Å²) in [6.07, 6.45) is 0. The van der Waals surface area contributed by atoms with Crippen LogP contribution in [0.1, 0.15) is 26.3 Å². The van der Waals surface area contributed by atoms with Crippen molar-refractivity contribution in [2.45, 2.75) is 26.2 Å². The first-order chi connectivity index (χ1) is 9.77. The molecule has 0 aromatic heterocycles. The fourth-order valence-electron chi connectivity index (χ4n) is 1.92. The van der Waals surface area contributed by atoms with Gasteiger partial charge in [0, 0.05) is 12.1 Å². The average molecular weight is 286 g/mol. The van der Waals surface area contributed by atoms with Gasteiger partial charge in [-0.3, -0.25) is 10.1 Å². The maximum Gasteiger partial charge on any atom is 0.292 e. The van der Waals surface area contributed by atoms with Gasteiger partial charge in [0.2, 0.25) is 0 Å². The van der Waals surface area contributed by atoms with Crippen molar-refractivity contribution in [3.05, 3.63) is 58.1 Å². The number of nitrogens with zero attached hydrogens (tertiary/aromatic N) is 1. The molecule has 0 amide bonds. The third-order valence-electron chi connectivity index (χ3n) is 3.13. The molecule has 0 heterocycles. The van der Waals surface area contributed by atoms with Crippen molar-refractivity contribution < 1.29 is 9.66 Å². The number of hydrogen-bond acceptors (Lipinski definition) is 4. The van der Waals surface area contributed by atoms with Gasteiger partial charge in [0.1, 0.15) is 17.2 Å². The molecule has 0 unspecified atom stereocenters. The Morgan fingerprint density at radius 2 is 1.76 bits per heavy atom. The maximum atomic E-state index is 10.7. The highest BCUT2D eigenvalue weighted by Crippen LogP contribution is 2.31. The van der Waals surface area contributed by atoms with Crippen LogP contribution in [0.5, 0.6) is 11.5 Å². The van der Waals surface area contributed by atoms with Gasteiger partial charge in [0.05, 0.1) is 4.92 Å². The number of anilines is 1. The molecule has 0 fully saturated rings. The van der Waals surface area contributed by atoms with Crippen molar-refractivity contribution in [2.24, 2.45) is 0 Å². The Balaban J connectivity index is 2.27. The summed E-state index contributed by atoms with van der Waals surface area (Å²) in [5.41, 5.74) is 6.79. The topological polar surface area (TPSA) is 78.4 Å². The Kier molecular flexibility index (Phi) is 3.84. The van der Waals surface area contributed by atoms with Crippen molar-refractivity contribution in [1.82, 2.24) is 0 Å². The van der Waals surface area contributed by atoms with Gasteiger partial charge < -0.3 is 10.5 Å². The molecule has 2 rings (SSSR count). The smallest absolute Gasteiger partial charge is 0.292 e. The van der Waals surface area contributed by atoms with E-state index in [1.54, 1.807) is 0 Å². The largest absolute Gasteiger partial charge is 0.457 e. The molecule has 0 radical (unpaired) electrons. The SMILES string of the molecule is CC(C)(C)c1cccc(Oc2ccc([N+](=O)[O-])c(N)c2)c1. The lowest BCUT2D eigenvalue weighted by Gasteiger charge is -2.19. The van der Waals surface area contributed by atoms with E-state index in [1.807, 2.05) is 24.3 Å². The quantitative estimate of drug-likeness (QED) is 0.519. The molecule has 0 aliphatic carbocycles. The highest BCUT2D eigenvalue weighted by atomic mass is 16.6. The van der Waals surface area contributed by atoms with Gasteiger partial charge in [-0.05, 0) is 29.2 Å². The Labute approximate surface area is 123 Å². The monoisotopic (exact) mass is 286 g/mol. The molecule has 5 nitrogen and oxygen atoms in total. The molecular formula is C16H18N2O3. The van der Waals surface area contributed by atoms with E-state index in [-0.39, 0.29) is 16.8 Å². The summed E-state index contributed by atoms with van der Waals surface area (Å²) < 4.78 is 5.73. The molecule has 0 aliphatic heterocycles. The zero-order chi connectivity index (χ0) is 15.6. The Morgan fingerprint density at radius 1 is 1.10 bits per heavy atom. The summed E-state index contributed by atoms with van der Waals surface area (Å²) >= 11 is 0. The first kappa shape index (κ1) is 14.8. The molecule has 0 aliphatic rings. The summed E-state index contributed by atoms with van der Waals surface area (Å²) in [5, 5.41) is 10.7. The van der Waals surface area contributed by atoms with Crippen LogP contribution >= 0.6 is 0 Å². The van der Waals surface area contributed by atoms with Crippen molar-refractivity contribution in [3.8, 4) is 11.5 Å². The lowest BCUT2D eigenvalue weighted by atomic mass is 9.87. The second kappa shape index (κ2) is 5.44. The number of ether oxygens (including phenoxy) is 1. The van der Waals surface area contributed by atoms with E-state index < -0.39 is 4.92 Å². The number of benzene rings is 2. The fourth-order valence-corrected chi connectivity index (χ4v) is 1.92. The minimum atomic E-state index is -0.515. The van der Waals surface area contributed by atoms with E-state index in [0.29, 0.717) is 11.5 Å². The zero-order valence-corrected chi connectivity index (χ0v) is 12.3. The number of nitrogen functional groups attached to an aromatic ring is 1. The standard InChI is InChI=1S/C16H18N2O3/c1-16(2,3)11-5-4-6-12(9-11)21-13-7-8-15(18(19)20)14(17)10-13/h4-10H,17H2,1-3H3. The van der Waals surface area contributed by atoms with Gasteiger partial charge in [0.15, 0.2) is 0 Å². The van der Waals surface area contributed by atoms with E-state index in [0.717, 1.165) is 5.56 Å². The van der Waals surface area contributed by atoms with Gasteiger partial charge in [-0.1, -0.05) is 32.9 Å². The fraction of sp³-hybridized carbons (Fsp3) is 0.250. The summed E-state index contributed by atoms with van der Waals surface area (Å²) in [4.78, 5) is 10.2. The first-order valence-corrected chi connectivity index (χ1v) is 6.60. The molecule has 2 aromatic carbocycles. The number of nitro groups is 1. The summed E-state index contributed by atoms with van der Waals surface area (Å²) in [6.45, 7) is 6.36. The maximum absolute atomic E-state index is 10.7. The Hall–Kier alpha value is -2.56. The van der Waals surface area contributed by atoms with Gasteiger partial charge in [-0.15, -0.1) is 0 Å². The molecular weight excluding hydrogens is 268 g/mol. The van der Waals surface area contributed by atoms with Crippen molar-refractivity contribution >= 4 is 11.4 Å². The van der Waals surface area contributed by atoms with Crippen LogP contribution in [-0.2, 0) is 5.41 Å². The van der Waals surface area contributed by atoms with E-state index in [1.165, 1.54) is 18.2 Å². The molecule has 0 spiro atoms. The second-order valence-corrected chi connectivity index (χ2v) is 5.86. The number of nitrogens with two attached hydrogens (primary N) is 1. The highest BCUT2D eigenvalue weighted by Gasteiger charge is 2.15. The molecule has 21 heavy (non-hydrogen) atoms. The van der Waals surface area contributed by atoms with E-state index in [2.05, 4.69) is 20.8 Å². The van der Waals surface area contributed by atoms with Crippen LogP contribution in [0.4, 0.5) is 11.4 Å². The van der Waals surface area contributed by atoms with Crippen LogP contribution in [0, 0.1) is 10.1 Å². The van der Waals surface area contributed by atoms with Crippen LogP contribution in [0.3, 0.4) is 0 Å². The predicted molar refractivity (Wildman–Crippen MR) is 82.7 cm³/mol. The van der Waals surface area contributed by atoms with Crippen molar-refractivity contribution in [1.29, 1.82) is 0 Å². The Morgan fingerprint density at radius 3 is 2.33 bits per heavy atom. The third kappa shape index (κ3) is 3.51. The molecule has 0 bridgehead atoms. The molecule has 0 saturated heterocycles. The van der Waals surface area contributed by atoms with E-state index in [4.69, 9.17) is 10.5 Å². The number of rotatable bonds is 3. The predicted octanol–water partition coefficient (Wildman–Crippen LogP) is 4.27. The van der Waals surface area contributed by atoms with Crippen LogP contribution in [0.2, 0.25) is 0 Å². The van der Waals surface area contributed by atoms with Gasteiger partial charge in [-0.2, -0.15) is 0 Å². The van der Waals surface area contributed by atoms with Crippen LogP contribution < -0.4 is 10.5 Å². The van der Waals surface area contributed by atoms with Gasteiger partial charge in [0.25, 0.3) is 5.69 Å². The highest BCUT2D eigenvalue weighted by molar-refractivity contribution is 5.61. The molecule has 5 heteroatoms. The van der Waals surface area contributed by atoms with Crippen molar-refractivity contribution in [3.63, 3.8) is 0 Å². The Bertz CT molecular complexity index is 675. The molecule has 0 atom stereocenters. The summed E-state index contributed by atoms with van der Waals surface area (Å²) in [7, 11) is 0. The van der Waals surface area contributed by atoms with E-state index in [9.17, 15) is 10.1 Å². The lowest BCUT2D eigenvalue weighted by Crippen LogP contribution is -2.10. The number of nitro benzene ring substituents is 1. The minimum Gasteiger partial charge on any atom is -0.457 e. The van der Waals surface area contributed by atoms with Crippen LogP contribution in [-0.4, -0.2) is 4.92 Å². The molecule has 2 aromatic rings. The zero-order valence-electron chi connectivity index (χ0n) is 12.3. The molecule has 2 N–H and O–H groups in total. The van der Waals surface area contributed by atoms with Gasteiger partial charge in [-0.25, -0.2) is 0 Å². The third-order valence-corrected chi connectivity index (χ3v) is 3.13. The normalized spacial score (nSPS) is 11.2. The van der Waals surface area contributed by atoms with E-state index >= 15 is 0 Å². The summed E-state index contributed by atoms with van der Waals surface area (Å²) in [6, 6.07) is 12.1. The molecule has 110 valence electrons.